The van der Waals surface area contributed by atoms with Gasteiger partial charge in [0.25, 0.3) is 0 Å². The number of rotatable bonds is 9. The molecule has 0 N–H and O–H groups in total. The van der Waals surface area contributed by atoms with Crippen LogP contribution in [0.2, 0.25) is 0 Å². The van der Waals surface area contributed by atoms with E-state index in [0.29, 0.717) is 50.7 Å². The van der Waals surface area contributed by atoms with Crippen molar-refractivity contribution in [3.63, 3.8) is 0 Å². The molecule has 2 aliphatic heterocycles. The second-order valence-corrected chi connectivity index (χ2v) is 10.1. The first kappa shape index (κ1) is 33.3. The molecule has 0 bridgehead atoms. The Morgan fingerprint density at radius 3 is 2.17 bits per heavy atom. The summed E-state index contributed by atoms with van der Waals surface area (Å²) in [5.41, 5.74) is 1.31. The lowest BCUT2D eigenvalue weighted by atomic mass is 10.0. The zero-order valence-corrected chi connectivity index (χ0v) is 25.1. The molecule has 5 rings (SSSR count). The molecule has 2 saturated heterocycles. The molecule has 11 heteroatoms. The maximum Gasteiger partial charge on any atom is 0.338 e. The molecule has 0 atom stereocenters. The summed E-state index contributed by atoms with van der Waals surface area (Å²) in [6, 6.07) is 20.2. The topological polar surface area (TPSA) is 88.6 Å². The van der Waals surface area contributed by atoms with Gasteiger partial charge in [0, 0.05) is 45.8 Å². The minimum absolute atomic E-state index is 0. The van der Waals surface area contributed by atoms with E-state index in [9.17, 15) is 14.4 Å². The average Bonchev–Trinajstić information content (AvgIpc) is 2.99. The number of hydrogen-bond donors (Lipinski definition) is 0. The first-order valence-corrected chi connectivity index (χ1v) is 13.8. The van der Waals surface area contributed by atoms with E-state index in [1.807, 2.05) is 47.4 Å². The molecular weight excluding hydrogens is 581 g/mol. The van der Waals surface area contributed by atoms with Crippen LogP contribution in [0.4, 0.5) is 0 Å². The molecular formula is C31H37Cl2N3O6. The van der Waals surface area contributed by atoms with Crippen molar-refractivity contribution < 1.29 is 28.6 Å². The molecule has 226 valence electrons. The SMILES string of the molecule is Cl.Cl.O=C(Cc1cccc2ccccc12)Oc1ccc(C(=O)OCCN2CCN(CC(=O)N3CCOCC3)CC2)cc1. The summed E-state index contributed by atoms with van der Waals surface area (Å²) in [6.45, 7) is 7.21. The minimum Gasteiger partial charge on any atom is -0.461 e. The summed E-state index contributed by atoms with van der Waals surface area (Å²) in [6.07, 6.45) is 0.156. The predicted molar refractivity (Wildman–Crippen MR) is 165 cm³/mol. The van der Waals surface area contributed by atoms with Crippen molar-refractivity contribution in [3.8, 4) is 5.75 Å². The first-order chi connectivity index (χ1) is 19.5. The van der Waals surface area contributed by atoms with E-state index < -0.39 is 5.97 Å². The van der Waals surface area contributed by atoms with E-state index in [-0.39, 0.29) is 49.7 Å². The molecule has 3 aromatic carbocycles. The van der Waals surface area contributed by atoms with Crippen LogP contribution in [-0.4, -0.2) is 105 Å². The summed E-state index contributed by atoms with van der Waals surface area (Å²) in [5, 5.41) is 2.11. The number of benzene rings is 3. The molecule has 3 aromatic rings. The van der Waals surface area contributed by atoms with E-state index in [2.05, 4.69) is 9.80 Å². The van der Waals surface area contributed by atoms with Gasteiger partial charge in [0.1, 0.15) is 12.4 Å². The third-order valence-corrected chi connectivity index (χ3v) is 7.36. The van der Waals surface area contributed by atoms with Crippen LogP contribution in [0.3, 0.4) is 0 Å². The number of nitrogens with zero attached hydrogens (tertiary/aromatic N) is 3. The van der Waals surface area contributed by atoms with Crippen molar-refractivity contribution in [3.05, 3.63) is 77.9 Å². The van der Waals surface area contributed by atoms with Crippen molar-refractivity contribution in [1.82, 2.24) is 14.7 Å². The molecule has 0 radical (unpaired) electrons. The highest BCUT2D eigenvalue weighted by atomic mass is 35.5. The van der Waals surface area contributed by atoms with Gasteiger partial charge in [0.05, 0.1) is 31.7 Å². The third-order valence-electron chi connectivity index (χ3n) is 7.36. The zero-order chi connectivity index (χ0) is 27.7. The van der Waals surface area contributed by atoms with Gasteiger partial charge in [-0.05, 0) is 40.6 Å². The minimum atomic E-state index is -0.414. The number of halogens is 2. The van der Waals surface area contributed by atoms with Crippen LogP contribution in [-0.2, 0) is 25.5 Å². The van der Waals surface area contributed by atoms with Gasteiger partial charge in [-0.1, -0.05) is 42.5 Å². The standard InChI is InChI=1S/C31H35N3O6.2ClH/c35-29(34-17-19-38-20-18-34)23-33-14-12-32(13-15-33)16-21-39-31(37)25-8-10-27(11-9-25)40-30(36)22-26-6-3-5-24-4-1-2-7-28(24)26;;/h1-11H,12-23H2;2*1H. The molecule has 1 amide bonds. The van der Waals surface area contributed by atoms with Gasteiger partial charge >= 0.3 is 11.9 Å². The molecule has 2 heterocycles. The highest BCUT2D eigenvalue weighted by Crippen LogP contribution is 2.20. The maximum absolute atomic E-state index is 12.5. The van der Waals surface area contributed by atoms with Gasteiger partial charge in [0.2, 0.25) is 5.91 Å². The van der Waals surface area contributed by atoms with Gasteiger partial charge in [-0.2, -0.15) is 0 Å². The van der Waals surface area contributed by atoms with E-state index in [1.54, 1.807) is 24.3 Å². The van der Waals surface area contributed by atoms with E-state index >= 15 is 0 Å². The van der Waals surface area contributed by atoms with Crippen molar-refractivity contribution in [2.75, 3.05) is 72.2 Å². The summed E-state index contributed by atoms with van der Waals surface area (Å²) in [5.74, 6) is -0.233. The Labute approximate surface area is 258 Å². The molecule has 0 unspecified atom stereocenters. The highest BCUT2D eigenvalue weighted by Gasteiger charge is 2.23. The number of esters is 2. The zero-order valence-electron chi connectivity index (χ0n) is 23.4. The monoisotopic (exact) mass is 617 g/mol. The van der Waals surface area contributed by atoms with Crippen LogP contribution in [0.1, 0.15) is 15.9 Å². The predicted octanol–water partition coefficient (Wildman–Crippen LogP) is 3.46. The molecule has 0 spiro atoms. The van der Waals surface area contributed by atoms with Crippen LogP contribution in [0.5, 0.6) is 5.75 Å². The second-order valence-electron chi connectivity index (χ2n) is 10.1. The number of fused-ring (bicyclic) bond motifs is 1. The number of hydrogen-bond acceptors (Lipinski definition) is 8. The second kappa shape index (κ2) is 16.4. The molecule has 9 nitrogen and oxygen atoms in total. The Kier molecular flexibility index (Phi) is 13.0. The third kappa shape index (κ3) is 9.14. The number of carbonyl (C=O) groups is 3. The number of morpholine rings is 1. The fourth-order valence-corrected chi connectivity index (χ4v) is 5.05. The molecule has 0 aromatic heterocycles. The lowest BCUT2D eigenvalue weighted by Crippen LogP contribution is -2.52. The molecule has 0 aliphatic carbocycles. The van der Waals surface area contributed by atoms with Crippen LogP contribution in [0.15, 0.2) is 66.7 Å². The highest BCUT2D eigenvalue weighted by molar-refractivity contribution is 5.90. The molecule has 2 aliphatic rings. The van der Waals surface area contributed by atoms with Crippen LogP contribution < -0.4 is 4.74 Å². The normalized spacial score (nSPS) is 15.8. The number of piperazine rings is 1. The lowest BCUT2D eigenvalue weighted by Gasteiger charge is -2.35. The molecule has 2 fully saturated rings. The van der Waals surface area contributed by atoms with E-state index in [4.69, 9.17) is 14.2 Å². The Balaban J connectivity index is 0.00000242. The van der Waals surface area contributed by atoms with E-state index in [0.717, 1.165) is 42.5 Å². The summed E-state index contributed by atoms with van der Waals surface area (Å²) < 4.78 is 16.3. The van der Waals surface area contributed by atoms with E-state index in [1.165, 1.54) is 0 Å². The fourth-order valence-electron chi connectivity index (χ4n) is 5.05. The summed E-state index contributed by atoms with van der Waals surface area (Å²) >= 11 is 0. The van der Waals surface area contributed by atoms with Gasteiger partial charge < -0.3 is 19.1 Å². The van der Waals surface area contributed by atoms with Gasteiger partial charge in [-0.25, -0.2) is 4.79 Å². The smallest absolute Gasteiger partial charge is 0.338 e. The number of ether oxygens (including phenoxy) is 3. The van der Waals surface area contributed by atoms with Crippen molar-refractivity contribution in [1.29, 1.82) is 0 Å². The molecule has 0 saturated carbocycles. The van der Waals surface area contributed by atoms with Crippen LogP contribution in [0.25, 0.3) is 10.8 Å². The van der Waals surface area contributed by atoms with Crippen LogP contribution in [0, 0.1) is 0 Å². The Morgan fingerprint density at radius 1 is 0.762 bits per heavy atom. The Bertz CT molecular complexity index is 1320. The molecule has 42 heavy (non-hydrogen) atoms. The van der Waals surface area contributed by atoms with Gasteiger partial charge in [0.15, 0.2) is 0 Å². The van der Waals surface area contributed by atoms with Crippen molar-refractivity contribution >= 4 is 53.4 Å². The van der Waals surface area contributed by atoms with Crippen molar-refractivity contribution in [2.24, 2.45) is 0 Å². The Morgan fingerprint density at radius 2 is 1.43 bits per heavy atom. The number of carbonyl (C=O) groups excluding carboxylic acids is 3. The Hall–Kier alpha value is -3.21. The summed E-state index contributed by atoms with van der Waals surface area (Å²) in [4.78, 5) is 43.8. The van der Waals surface area contributed by atoms with Gasteiger partial charge in [-0.15, -0.1) is 24.8 Å². The first-order valence-electron chi connectivity index (χ1n) is 13.8. The van der Waals surface area contributed by atoms with Crippen LogP contribution >= 0.6 is 24.8 Å². The maximum atomic E-state index is 12.5. The fraction of sp³-hybridized carbons (Fsp3) is 0.387. The lowest BCUT2D eigenvalue weighted by molar-refractivity contribution is -0.137. The van der Waals surface area contributed by atoms with Crippen molar-refractivity contribution in [2.45, 2.75) is 6.42 Å². The quantitative estimate of drug-likeness (QED) is 0.266. The average molecular weight is 619 g/mol. The number of amides is 1. The van der Waals surface area contributed by atoms with Gasteiger partial charge in [-0.3, -0.25) is 19.4 Å². The largest absolute Gasteiger partial charge is 0.461 e. The summed E-state index contributed by atoms with van der Waals surface area (Å²) in [7, 11) is 0.